The molecule has 0 aromatic heterocycles. The monoisotopic (exact) mass is 480 g/mol. The van der Waals surface area contributed by atoms with Crippen molar-refractivity contribution < 1.29 is 21.7 Å². The zero-order chi connectivity index (χ0) is 22.4. The summed E-state index contributed by atoms with van der Waals surface area (Å²) >= 11 is 0. The molecule has 0 saturated heterocycles. The normalized spacial score (nSPS) is 11.5. The van der Waals surface area contributed by atoms with E-state index in [4.69, 9.17) is 0 Å². The molecule has 2 heteroatoms. The maximum Gasteiger partial charge on any atom is 2.00 e. The summed E-state index contributed by atoms with van der Waals surface area (Å²) in [6.45, 7) is 5.42. The van der Waals surface area contributed by atoms with Gasteiger partial charge in [-0.25, -0.2) is 12.2 Å². The largest absolute Gasteiger partial charge is 2.00 e. The predicted molar refractivity (Wildman–Crippen MR) is 145 cm³/mol. The molecule has 162 valence electrons. The number of rotatable bonds is 4. The third-order valence-electron chi connectivity index (χ3n) is 4.80. The van der Waals surface area contributed by atoms with E-state index in [1.54, 1.807) is 6.08 Å². The average Bonchev–Trinajstić information content (AvgIpc) is 3.55. The number of hydrogen-bond donors (Lipinski definition) is 0. The van der Waals surface area contributed by atoms with E-state index in [-0.39, 0.29) is 21.7 Å². The van der Waals surface area contributed by atoms with Gasteiger partial charge in [0.1, 0.15) is 0 Å². The molecule has 0 N–H and O–H groups in total. The molecule has 1 aliphatic rings. The summed E-state index contributed by atoms with van der Waals surface area (Å²) in [5.74, 6) is 0. The minimum atomic E-state index is -0.493. The number of fused-ring (bicyclic) bond motifs is 1. The number of hydrogen-bond acceptors (Lipinski definition) is 0. The molecule has 1 aliphatic carbocycles. The topological polar surface area (TPSA) is 0 Å². The van der Waals surface area contributed by atoms with E-state index >= 15 is 0 Å². The van der Waals surface area contributed by atoms with Gasteiger partial charge in [0.25, 0.3) is 0 Å². The van der Waals surface area contributed by atoms with Gasteiger partial charge < -0.3 is 0 Å². The smallest absolute Gasteiger partial charge is 0.273 e. The van der Waals surface area contributed by atoms with E-state index in [0.29, 0.717) is 0 Å². The standard InChI is InChI=1S/C21H16P.C5H5.C5H8.Ti/c1-3-11-19(12-4-1)22(20-13-5-2-6-14-20)21-15-17-9-7-8-10-18(17)16-21;1-2-4-5-3-1;1-3-5-4-2;/h1-16H;1-3H,4H2;3-5H,1H2,2H3;/q2*-1;;+2/b;;5-4+;. The molecule has 0 amide bonds. The molecule has 0 atom stereocenters. The number of allylic oxidation sites excluding steroid dienone is 7. The Labute approximate surface area is 215 Å². The molecule has 0 heterocycles. The Bertz CT molecular complexity index is 1080. The van der Waals surface area contributed by atoms with E-state index < -0.39 is 7.92 Å². The minimum Gasteiger partial charge on any atom is -0.273 e. The van der Waals surface area contributed by atoms with Gasteiger partial charge in [0.2, 0.25) is 0 Å². The third-order valence-corrected chi connectivity index (χ3v) is 7.21. The van der Waals surface area contributed by atoms with Gasteiger partial charge in [-0.05, 0) is 25.5 Å². The van der Waals surface area contributed by atoms with E-state index in [2.05, 4.69) is 116 Å². The van der Waals surface area contributed by atoms with E-state index in [9.17, 15) is 0 Å². The summed E-state index contributed by atoms with van der Waals surface area (Å²) in [6.07, 6.45) is 15.6. The Balaban J connectivity index is 0.000000294. The summed E-state index contributed by atoms with van der Waals surface area (Å²) in [6, 6.07) is 35.0. The van der Waals surface area contributed by atoms with Crippen molar-refractivity contribution in [2.45, 2.75) is 13.3 Å². The maximum atomic E-state index is 3.46. The van der Waals surface area contributed by atoms with Crippen molar-refractivity contribution in [3.05, 3.63) is 146 Å². The molecule has 0 bridgehead atoms. The van der Waals surface area contributed by atoms with E-state index in [1.165, 1.54) is 26.7 Å². The van der Waals surface area contributed by atoms with Crippen LogP contribution in [0.5, 0.6) is 0 Å². The zero-order valence-corrected chi connectivity index (χ0v) is 21.5. The summed E-state index contributed by atoms with van der Waals surface area (Å²) in [5, 5.41) is 6.89. The maximum absolute atomic E-state index is 3.46. The molecule has 4 aromatic rings. The first-order chi connectivity index (χ1) is 15.8. The van der Waals surface area contributed by atoms with Crippen LogP contribution in [0, 0.1) is 6.08 Å². The van der Waals surface area contributed by atoms with Crippen LogP contribution < -0.4 is 15.9 Å². The van der Waals surface area contributed by atoms with Crippen LogP contribution in [0.25, 0.3) is 10.8 Å². The van der Waals surface area contributed by atoms with Gasteiger partial charge in [0, 0.05) is 0 Å². The van der Waals surface area contributed by atoms with Gasteiger partial charge in [-0.2, -0.15) is 12.1 Å². The zero-order valence-electron chi connectivity index (χ0n) is 19.1. The molecule has 4 aromatic carbocycles. The molecule has 0 nitrogen and oxygen atoms in total. The van der Waals surface area contributed by atoms with Gasteiger partial charge >= 0.3 is 21.7 Å². The van der Waals surface area contributed by atoms with Crippen molar-refractivity contribution in [3.8, 4) is 0 Å². The Morgan fingerprint density at radius 2 is 1.48 bits per heavy atom. The molecule has 0 aliphatic heterocycles. The molecular weight excluding hydrogens is 451 g/mol. The minimum absolute atomic E-state index is 0. The first-order valence-electron chi connectivity index (χ1n) is 10.8. The first kappa shape index (κ1) is 26.6. The van der Waals surface area contributed by atoms with E-state index in [0.717, 1.165) is 6.42 Å². The summed E-state index contributed by atoms with van der Waals surface area (Å²) < 4.78 is 0. The molecule has 0 fully saturated rings. The van der Waals surface area contributed by atoms with Crippen LogP contribution in [0.1, 0.15) is 13.3 Å². The second-order valence-corrected chi connectivity index (χ2v) is 9.33. The van der Waals surface area contributed by atoms with Crippen LogP contribution in [0.2, 0.25) is 0 Å². The van der Waals surface area contributed by atoms with Crippen molar-refractivity contribution in [3.63, 3.8) is 0 Å². The summed E-state index contributed by atoms with van der Waals surface area (Å²) in [5.41, 5.74) is 0. The van der Waals surface area contributed by atoms with Crippen LogP contribution in [0.15, 0.2) is 140 Å². The van der Waals surface area contributed by atoms with Gasteiger partial charge in [-0.3, -0.25) is 6.08 Å². The first-order valence-corrected chi connectivity index (χ1v) is 12.2. The molecule has 0 saturated carbocycles. The number of benzene rings is 3. The van der Waals surface area contributed by atoms with Crippen LogP contribution in [-0.2, 0) is 21.7 Å². The van der Waals surface area contributed by atoms with Crippen molar-refractivity contribution in [1.82, 2.24) is 0 Å². The molecule has 0 unspecified atom stereocenters. The van der Waals surface area contributed by atoms with Gasteiger partial charge in [-0.1, -0.05) is 91.5 Å². The SMILES string of the molecule is C=C/C=C/C.[C-]1=CC=CC1.[Ti+2].c1ccc(P(c2ccccc2)c2cc3ccccc3[cH-]2)cc1. The molecule has 5 rings (SSSR count). The van der Waals surface area contributed by atoms with Crippen molar-refractivity contribution in [2.24, 2.45) is 0 Å². The Kier molecular flexibility index (Phi) is 12.3. The molecule has 0 radical (unpaired) electrons. The van der Waals surface area contributed by atoms with Crippen LogP contribution in [-0.4, -0.2) is 0 Å². The predicted octanol–water partition coefficient (Wildman–Crippen LogP) is 7.37. The fourth-order valence-corrected chi connectivity index (χ4v) is 5.71. The second-order valence-electron chi connectivity index (χ2n) is 7.11. The Morgan fingerprint density at radius 3 is 1.91 bits per heavy atom. The van der Waals surface area contributed by atoms with Crippen LogP contribution >= 0.6 is 7.92 Å². The van der Waals surface area contributed by atoms with Gasteiger partial charge in [-0.15, -0.1) is 46.8 Å². The molecular formula is C31H29PTi. The van der Waals surface area contributed by atoms with Gasteiger partial charge in [0.05, 0.1) is 0 Å². The Morgan fingerprint density at radius 1 is 0.879 bits per heavy atom. The Hall–Kier alpha value is -2.63. The molecule has 33 heavy (non-hydrogen) atoms. The van der Waals surface area contributed by atoms with Gasteiger partial charge in [0.15, 0.2) is 0 Å². The third kappa shape index (κ3) is 8.34. The van der Waals surface area contributed by atoms with Crippen molar-refractivity contribution in [2.75, 3.05) is 0 Å². The average molecular weight is 480 g/mol. The van der Waals surface area contributed by atoms with E-state index in [1.807, 2.05) is 31.2 Å². The van der Waals surface area contributed by atoms with Crippen molar-refractivity contribution >= 4 is 34.6 Å². The fraction of sp³-hybridized carbons (Fsp3) is 0.0645. The quantitative estimate of drug-likeness (QED) is 0.124. The fourth-order valence-electron chi connectivity index (χ4n) is 3.34. The van der Waals surface area contributed by atoms with Crippen LogP contribution in [0.3, 0.4) is 0 Å². The molecule has 0 spiro atoms. The summed E-state index contributed by atoms with van der Waals surface area (Å²) in [4.78, 5) is 0. The summed E-state index contributed by atoms with van der Waals surface area (Å²) in [7, 11) is -0.493. The van der Waals surface area contributed by atoms with Crippen molar-refractivity contribution in [1.29, 1.82) is 0 Å². The second kappa shape index (κ2) is 15.3. The van der Waals surface area contributed by atoms with Crippen LogP contribution in [0.4, 0.5) is 0 Å².